The van der Waals surface area contributed by atoms with Gasteiger partial charge in [0.2, 0.25) is 5.91 Å². The summed E-state index contributed by atoms with van der Waals surface area (Å²) in [6.07, 6.45) is 6.86. The van der Waals surface area contributed by atoms with Gasteiger partial charge in [-0.05, 0) is 56.4 Å². The van der Waals surface area contributed by atoms with E-state index >= 15 is 0 Å². The molecule has 0 unspecified atom stereocenters. The predicted molar refractivity (Wildman–Crippen MR) is 123 cm³/mol. The minimum atomic E-state index is -0.305. The molecule has 2 fully saturated rings. The first-order chi connectivity index (χ1) is 15.5. The Bertz CT molecular complexity index is 946. The van der Waals surface area contributed by atoms with Gasteiger partial charge in [0.05, 0.1) is 6.61 Å². The molecule has 0 spiro atoms. The molecule has 2 aliphatic heterocycles. The van der Waals surface area contributed by atoms with E-state index in [4.69, 9.17) is 16.3 Å². The number of amides is 2. The number of carbonyl (C=O) groups excluding carboxylic acids is 2. The van der Waals surface area contributed by atoms with Gasteiger partial charge in [-0.15, -0.1) is 0 Å². The minimum absolute atomic E-state index is 0.0169. The highest BCUT2D eigenvalue weighted by Crippen LogP contribution is 2.37. The van der Waals surface area contributed by atoms with Crippen molar-refractivity contribution in [2.24, 2.45) is 12.5 Å². The molecule has 0 bridgehead atoms. The van der Waals surface area contributed by atoms with Gasteiger partial charge in [-0.1, -0.05) is 17.7 Å². The maximum Gasteiger partial charge on any atom is 0.272 e. The van der Waals surface area contributed by atoms with Gasteiger partial charge in [-0.2, -0.15) is 5.10 Å². The molecular formula is C24H31ClN4O3. The first-order valence-electron chi connectivity index (χ1n) is 11.4. The van der Waals surface area contributed by atoms with E-state index in [0.717, 1.165) is 38.8 Å². The SMILES string of the molecule is Cn1nccc1C(=O)N1CCC(COc2cccc(Cl)c2)(CC(=O)N2CCCCC2)CC1. The van der Waals surface area contributed by atoms with E-state index in [-0.39, 0.29) is 17.2 Å². The van der Waals surface area contributed by atoms with Crippen molar-refractivity contribution in [1.82, 2.24) is 19.6 Å². The summed E-state index contributed by atoms with van der Waals surface area (Å²) in [4.78, 5) is 29.9. The van der Waals surface area contributed by atoms with Gasteiger partial charge in [-0.3, -0.25) is 14.3 Å². The fourth-order valence-electron chi connectivity index (χ4n) is 4.67. The van der Waals surface area contributed by atoms with Gasteiger partial charge >= 0.3 is 0 Å². The Morgan fingerprint density at radius 2 is 1.81 bits per heavy atom. The summed E-state index contributed by atoms with van der Waals surface area (Å²) < 4.78 is 7.74. The third-order valence-electron chi connectivity index (χ3n) is 6.73. The molecule has 8 heteroatoms. The second-order valence-corrected chi connectivity index (χ2v) is 9.43. The smallest absolute Gasteiger partial charge is 0.272 e. The van der Waals surface area contributed by atoms with Crippen LogP contribution in [0.1, 0.15) is 49.0 Å². The minimum Gasteiger partial charge on any atom is -0.493 e. The van der Waals surface area contributed by atoms with Crippen molar-refractivity contribution in [3.05, 3.63) is 47.2 Å². The van der Waals surface area contributed by atoms with Gasteiger partial charge in [-0.25, -0.2) is 0 Å². The Hall–Kier alpha value is -2.54. The van der Waals surface area contributed by atoms with Crippen LogP contribution in [-0.4, -0.2) is 64.2 Å². The second-order valence-electron chi connectivity index (χ2n) is 9.00. The zero-order valence-electron chi connectivity index (χ0n) is 18.6. The van der Waals surface area contributed by atoms with E-state index in [1.165, 1.54) is 6.42 Å². The predicted octanol–water partition coefficient (Wildman–Crippen LogP) is 3.78. The quantitative estimate of drug-likeness (QED) is 0.660. The van der Waals surface area contributed by atoms with Crippen LogP contribution >= 0.6 is 11.6 Å². The summed E-state index contributed by atoms with van der Waals surface area (Å²) >= 11 is 6.11. The molecule has 2 aromatic rings. The molecule has 4 rings (SSSR count). The average Bonchev–Trinajstić information content (AvgIpc) is 3.24. The van der Waals surface area contributed by atoms with Crippen molar-refractivity contribution < 1.29 is 14.3 Å². The van der Waals surface area contributed by atoms with Crippen LogP contribution in [0.3, 0.4) is 0 Å². The van der Waals surface area contributed by atoms with Crippen molar-refractivity contribution in [3.8, 4) is 5.75 Å². The van der Waals surface area contributed by atoms with Crippen LogP contribution in [0.2, 0.25) is 5.02 Å². The summed E-state index contributed by atoms with van der Waals surface area (Å²) in [5, 5.41) is 4.73. The Morgan fingerprint density at radius 3 is 2.47 bits per heavy atom. The molecule has 0 N–H and O–H groups in total. The molecule has 2 saturated heterocycles. The Balaban J connectivity index is 1.45. The van der Waals surface area contributed by atoms with Crippen LogP contribution < -0.4 is 4.74 Å². The number of halogens is 1. The van der Waals surface area contributed by atoms with E-state index in [1.54, 1.807) is 30.1 Å². The molecular weight excluding hydrogens is 428 g/mol. The van der Waals surface area contributed by atoms with Gasteiger partial charge in [0.1, 0.15) is 11.4 Å². The largest absolute Gasteiger partial charge is 0.493 e. The highest BCUT2D eigenvalue weighted by atomic mass is 35.5. The zero-order valence-corrected chi connectivity index (χ0v) is 19.4. The second kappa shape index (κ2) is 9.94. The first-order valence-corrected chi connectivity index (χ1v) is 11.8. The Morgan fingerprint density at radius 1 is 1.06 bits per heavy atom. The van der Waals surface area contributed by atoms with Crippen molar-refractivity contribution >= 4 is 23.4 Å². The number of hydrogen-bond donors (Lipinski definition) is 0. The summed E-state index contributed by atoms with van der Waals surface area (Å²) in [5.41, 5.74) is 0.275. The standard InChI is InChI=1S/C24H31ClN4O3/c1-27-21(8-11-26-27)23(31)29-14-9-24(10-15-29,17-22(30)28-12-3-2-4-13-28)18-32-20-7-5-6-19(25)16-20/h5-8,11,16H,2-4,9-10,12-15,17-18H2,1H3. The van der Waals surface area contributed by atoms with E-state index < -0.39 is 0 Å². The lowest BCUT2D eigenvalue weighted by Gasteiger charge is -2.42. The maximum absolute atomic E-state index is 13.1. The van der Waals surface area contributed by atoms with Crippen LogP contribution in [0.4, 0.5) is 0 Å². The molecule has 0 radical (unpaired) electrons. The van der Waals surface area contributed by atoms with Crippen LogP contribution in [0.25, 0.3) is 0 Å². The number of carbonyl (C=O) groups is 2. The Kier molecular flexibility index (Phi) is 7.04. The van der Waals surface area contributed by atoms with Crippen LogP contribution in [-0.2, 0) is 11.8 Å². The molecule has 0 saturated carbocycles. The zero-order chi connectivity index (χ0) is 22.6. The molecule has 32 heavy (non-hydrogen) atoms. The third-order valence-corrected chi connectivity index (χ3v) is 6.96. The fraction of sp³-hybridized carbons (Fsp3) is 0.542. The number of nitrogens with zero attached hydrogens (tertiary/aromatic N) is 4. The number of ether oxygens (including phenoxy) is 1. The van der Waals surface area contributed by atoms with Gasteiger partial charge in [0.25, 0.3) is 5.91 Å². The molecule has 7 nitrogen and oxygen atoms in total. The van der Waals surface area contributed by atoms with Crippen LogP contribution in [0, 0.1) is 5.41 Å². The lowest BCUT2D eigenvalue weighted by Crippen LogP contribution is -2.48. The average molecular weight is 459 g/mol. The normalized spacial score (nSPS) is 18.4. The number of rotatable bonds is 6. The van der Waals surface area contributed by atoms with Crippen molar-refractivity contribution in [2.75, 3.05) is 32.8 Å². The third kappa shape index (κ3) is 5.26. The van der Waals surface area contributed by atoms with Gasteiger partial charge < -0.3 is 14.5 Å². The first kappa shape index (κ1) is 22.6. The molecule has 0 aliphatic carbocycles. The molecule has 2 aliphatic rings. The van der Waals surface area contributed by atoms with Crippen LogP contribution in [0.15, 0.2) is 36.5 Å². The summed E-state index contributed by atoms with van der Waals surface area (Å²) in [7, 11) is 1.78. The van der Waals surface area contributed by atoms with Gasteiger partial charge in [0, 0.05) is 56.3 Å². The van der Waals surface area contributed by atoms with Crippen molar-refractivity contribution in [2.45, 2.75) is 38.5 Å². The lowest BCUT2D eigenvalue weighted by atomic mass is 9.75. The lowest BCUT2D eigenvalue weighted by molar-refractivity contribution is -0.136. The number of benzene rings is 1. The molecule has 2 amide bonds. The summed E-state index contributed by atoms with van der Waals surface area (Å²) in [6, 6.07) is 9.09. The number of piperidine rings is 2. The van der Waals surface area contributed by atoms with E-state index in [2.05, 4.69) is 5.10 Å². The highest BCUT2D eigenvalue weighted by Gasteiger charge is 2.40. The topological polar surface area (TPSA) is 67.7 Å². The molecule has 172 valence electrons. The van der Waals surface area contributed by atoms with Crippen molar-refractivity contribution in [1.29, 1.82) is 0 Å². The highest BCUT2D eigenvalue weighted by molar-refractivity contribution is 6.30. The van der Waals surface area contributed by atoms with Gasteiger partial charge in [0.15, 0.2) is 0 Å². The number of aryl methyl sites for hydroxylation is 1. The number of likely N-dealkylation sites (tertiary alicyclic amines) is 2. The number of hydrogen-bond acceptors (Lipinski definition) is 4. The van der Waals surface area contributed by atoms with E-state index in [0.29, 0.717) is 42.6 Å². The molecule has 1 aromatic heterocycles. The monoisotopic (exact) mass is 458 g/mol. The molecule has 3 heterocycles. The fourth-order valence-corrected chi connectivity index (χ4v) is 4.85. The maximum atomic E-state index is 13.1. The van der Waals surface area contributed by atoms with Crippen molar-refractivity contribution in [3.63, 3.8) is 0 Å². The van der Waals surface area contributed by atoms with E-state index in [9.17, 15) is 9.59 Å². The van der Waals surface area contributed by atoms with E-state index in [1.807, 2.05) is 28.0 Å². The summed E-state index contributed by atoms with van der Waals surface area (Å²) in [5.74, 6) is 0.887. The molecule has 0 atom stereocenters. The Labute approximate surface area is 194 Å². The number of aromatic nitrogens is 2. The molecule has 1 aromatic carbocycles. The van der Waals surface area contributed by atoms with Crippen LogP contribution in [0.5, 0.6) is 5.75 Å². The summed E-state index contributed by atoms with van der Waals surface area (Å²) in [6.45, 7) is 3.30.